The summed E-state index contributed by atoms with van der Waals surface area (Å²) in [6, 6.07) is 10.2. The molecule has 0 bridgehead atoms. The van der Waals surface area contributed by atoms with E-state index in [0.717, 1.165) is 24.9 Å². The van der Waals surface area contributed by atoms with Crippen LogP contribution in [0.4, 0.5) is 0 Å². The van der Waals surface area contributed by atoms with Crippen molar-refractivity contribution < 1.29 is 9.90 Å². The molecule has 1 saturated heterocycles. The molecule has 2 atom stereocenters. The molecule has 2 unspecified atom stereocenters. The number of hydrogen-bond acceptors (Lipinski definition) is 3. The number of hydrogen-bond donors (Lipinski definition) is 1. The van der Waals surface area contributed by atoms with Crippen LogP contribution in [0.2, 0.25) is 5.02 Å². The Kier molecular flexibility index (Phi) is 5.05. The fourth-order valence-electron chi connectivity index (χ4n) is 3.27. The zero-order valence-corrected chi connectivity index (χ0v) is 14.6. The van der Waals surface area contributed by atoms with Crippen LogP contribution >= 0.6 is 22.9 Å². The van der Waals surface area contributed by atoms with Gasteiger partial charge >= 0.3 is 5.97 Å². The van der Waals surface area contributed by atoms with Crippen molar-refractivity contribution in [3.05, 3.63) is 56.7 Å². The highest BCUT2D eigenvalue weighted by Crippen LogP contribution is 2.36. The molecule has 3 rings (SSSR count). The molecule has 1 aliphatic heterocycles. The second-order valence-corrected chi connectivity index (χ2v) is 7.54. The van der Waals surface area contributed by atoms with Crippen LogP contribution in [-0.2, 0) is 4.79 Å². The van der Waals surface area contributed by atoms with Crippen molar-refractivity contribution in [3.8, 4) is 0 Å². The SMILES string of the molecule is Cc1csc(C(c2cccc(Cl)c2)N2CCCC(C(=O)O)C2)c1. The number of piperidine rings is 1. The molecular formula is C18H20ClNO2S. The van der Waals surface area contributed by atoms with Gasteiger partial charge in [-0.25, -0.2) is 0 Å². The van der Waals surface area contributed by atoms with Crippen molar-refractivity contribution in [1.82, 2.24) is 4.90 Å². The first-order valence-corrected chi connectivity index (χ1v) is 9.07. The second-order valence-electron chi connectivity index (χ2n) is 6.16. The highest BCUT2D eigenvalue weighted by Gasteiger charge is 2.31. The minimum Gasteiger partial charge on any atom is -0.481 e. The number of nitrogens with zero attached hydrogens (tertiary/aromatic N) is 1. The Bertz CT molecular complexity index is 700. The Balaban J connectivity index is 1.96. The van der Waals surface area contributed by atoms with Crippen LogP contribution in [0.3, 0.4) is 0 Å². The van der Waals surface area contributed by atoms with Gasteiger partial charge in [0.05, 0.1) is 12.0 Å². The van der Waals surface area contributed by atoms with Gasteiger partial charge in [-0.1, -0.05) is 23.7 Å². The highest BCUT2D eigenvalue weighted by molar-refractivity contribution is 7.10. The molecule has 5 heteroatoms. The predicted octanol–water partition coefficient (Wildman–Crippen LogP) is 4.60. The quantitative estimate of drug-likeness (QED) is 0.877. The van der Waals surface area contributed by atoms with Crippen LogP contribution in [0.25, 0.3) is 0 Å². The third kappa shape index (κ3) is 3.77. The second kappa shape index (κ2) is 7.04. The Labute approximate surface area is 145 Å². The summed E-state index contributed by atoms with van der Waals surface area (Å²) < 4.78 is 0. The number of thiophene rings is 1. The lowest BCUT2D eigenvalue weighted by atomic mass is 9.94. The van der Waals surface area contributed by atoms with Crippen molar-refractivity contribution in [2.45, 2.75) is 25.8 Å². The third-order valence-electron chi connectivity index (χ3n) is 4.35. The Morgan fingerprint density at radius 3 is 2.91 bits per heavy atom. The zero-order valence-electron chi connectivity index (χ0n) is 13.0. The van der Waals surface area contributed by atoms with E-state index in [1.807, 2.05) is 18.2 Å². The molecule has 2 heterocycles. The fraction of sp³-hybridized carbons (Fsp3) is 0.389. The van der Waals surface area contributed by atoms with E-state index in [2.05, 4.69) is 29.3 Å². The van der Waals surface area contributed by atoms with E-state index in [0.29, 0.717) is 11.6 Å². The number of carboxylic acid groups (broad SMARTS) is 1. The fourth-order valence-corrected chi connectivity index (χ4v) is 4.53. The molecule has 0 radical (unpaired) electrons. The van der Waals surface area contributed by atoms with Gasteiger partial charge in [-0.05, 0) is 61.0 Å². The third-order valence-corrected chi connectivity index (χ3v) is 5.69. The predicted molar refractivity (Wildman–Crippen MR) is 94.3 cm³/mol. The summed E-state index contributed by atoms with van der Waals surface area (Å²) in [6.45, 7) is 3.59. The van der Waals surface area contributed by atoms with E-state index in [4.69, 9.17) is 11.6 Å². The van der Waals surface area contributed by atoms with E-state index in [9.17, 15) is 9.90 Å². The van der Waals surface area contributed by atoms with Gasteiger partial charge in [0, 0.05) is 16.4 Å². The van der Waals surface area contributed by atoms with Crippen molar-refractivity contribution in [2.24, 2.45) is 5.92 Å². The van der Waals surface area contributed by atoms with Gasteiger partial charge in [-0.15, -0.1) is 11.3 Å². The minimum atomic E-state index is -0.693. The standard InChI is InChI=1S/C18H20ClNO2S/c1-12-8-16(23-11-12)17(13-4-2-6-15(19)9-13)20-7-3-5-14(10-20)18(21)22/h2,4,6,8-9,11,14,17H,3,5,7,10H2,1H3,(H,21,22). The summed E-state index contributed by atoms with van der Waals surface area (Å²) in [5, 5.41) is 12.2. The summed E-state index contributed by atoms with van der Waals surface area (Å²) in [4.78, 5) is 14.9. The van der Waals surface area contributed by atoms with Gasteiger partial charge in [-0.3, -0.25) is 9.69 Å². The van der Waals surface area contributed by atoms with Crippen LogP contribution in [0.5, 0.6) is 0 Å². The molecule has 0 amide bonds. The van der Waals surface area contributed by atoms with Crippen LogP contribution in [0.15, 0.2) is 35.7 Å². The summed E-state index contributed by atoms with van der Waals surface area (Å²) in [5.41, 5.74) is 2.37. The van der Waals surface area contributed by atoms with Gasteiger partial charge in [0.15, 0.2) is 0 Å². The van der Waals surface area contributed by atoms with Gasteiger partial charge in [0.1, 0.15) is 0 Å². The van der Waals surface area contributed by atoms with E-state index in [1.54, 1.807) is 11.3 Å². The smallest absolute Gasteiger partial charge is 0.307 e. The number of halogens is 1. The number of carbonyl (C=O) groups is 1. The zero-order chi connectivity index (χ0) is 16.4. The van der Waals surface area contributed by atoms with Crippen LogP contribution in [0.1, 0.15) is 34.9 Å². The van der Waals surface area contributed by atoms with Gasteiger partial charge in [0.25, 0.3) is 0 Å². The summed E-state index contributed by atoms with van der Waals surface area (Å²) >= 11 is 7.92. The molecule has 0 aliphatic carbocycles. The van der Waals surface area contributed by atoms with E-state index in [1.165, 1.54) is 10.4 Å². The Hall–Kier alpha value is -1.36. The lowest BCUT2D eigenvalue weighted by molar-refractivity contribution is -0.143. The topological polar surface area (TPSA) is 40.5 Å². The van der Waals surface area contributed by atoms with Gasteiger partial charge in [0.2, 0.25) is 0 Å². The Morgan fingerprint density at radius 1 is 1.43 bits per heavy atom. The molecule has 3 nitrogen and oxygen atoms in total. The summed E-state index contributed by atoms with van der Waals surface area (Å²) in [7, 11) is 0. The Morgan fingerprint density at radius 2 is 2.26 bits per heavy atom. The molecule has 1 aromatic heterocycles. The highest BCUT2D eigenvalue weighted by atomic mass is 35.5. The van der Waals surface area contributed by atoms with Gasteiger partial charge < -0.3 is 5.11 Å². The van der Waals surface area contributed by atoms with E-state index < -0.39 is 5.97 Å². The first-order valence-electron chi connectivity index (χ1n) is 7.82. The molecule has 1 fully saturated rings. The maximum atomic E-state index is 11.4. The maximum Gasteiger partial charge on any atom is 0.307 e. The average molecular weight is 350 g/mol. The molecule has 1 aliphatic rings. The number of rotatable bonds is 4. The lowest BCUT2D eigenvalue weighted by Gasteiger charge is -2.37. The molecular weight excluding hydrogens is 330 g/mol. The molecule has 1 N–H and O–H groups in total. The first kappa shape index (κ1) is 16.5. The van der Waals surface area contributed by atoms with Crippen molar-refractivity contribution in [2.75, 3.05) is 13.1 Å². The molecule has 1 aromatic carbocycles. The average Bonchev–Trinajstić information content (AvgIpc) is 2.94. The van der Waals surface area contributed by atoms with E-state index in [-0.39, 0.29) is 12.0 Å². The largest absolute Gasteiger partial charge is 0.481 e. The van der Waals surface area contributed by atoms with Gasteiger partial charge in [-0.2, -0.15) is 0 Å². The van der Waals surface area contributed by atoms with Crippen molar-refractivity contribution in [1.29, 1.82) is 0 Å². The number of likely N-dealkylation sites (tertiary alicyclic amines) is 1. The van der Waals surface area contributed by atoms with E-state index >= 15 is 0 Å². The number of benzene rings is 1. The monoisotopic (exact) mass is 349 g/mol. The lowest BCUT2D eigenvalue weighted by Crippen LogP contribution is -2.41. The minimum absolute atomic E-state index is 0.0783. The summed E-state index contributed by atoms with van der Waals surface area (Å²) in [5.74, 6) is -0.978. The van der Waals surface area contributed by atoms with Crippen molar-refractivity contribution in [3.63, 3.8) is 0 Å². The van der Waals surface area contributed by atoms with Crippen LogP contribution in [0, 0.1) is 12.8 Å². The summed E-state index contributed by atoms with van der Waals surface area (Å²) in [6.07, 6.45) is 1.68. The first-order chi connectivity index (χ1) is 11.0. The number of aliphatic carboxylic acids is 1. The number of carboxylic acids is 1. The van der Waals surface area contributed by atoms with Crippen LogP contribution < -0.4 is 0 Å². The molecule has 0 saturated carbocycles. The molecule has 0 spiro atoms. The van der Waals surface area contributed by atoms with Crippen molar-refractivity contribution >= 4 is 28.9 Å². The number of aryl methyl sites for hydroxylation is 1. The van der Waals surface area contributed by atoms with Crippen LogP contribution in [-0.4, -0.2) is 29.1 Å². The molecule has 2 aromatic rings. The molecule has 23 heavy (non-hydrogen) atoms. The molecule has 122 valence electrons. The normalized spacial score (nSPS) is 20.3. The maximum absolute atomic E-state index is 11.4.